The van der Waals surface area contributed by atoms with Crippen LogP contribution in [0.2, 0.25) is 0 Å². The second-order valence-electron chi connectivity index (χ2n) is 4.82. The maximum Gasteiger partial charge on any atom is 0.200 e. The summed E-state index contributed by atoms with van der Waals surface area (Å²) in [6, 6.07) is 12.3. The number of benzene rings is 2. The van der Waals surface area contributed by atoms with Crippen molar-refractivity contribution in [3.8, 4) is 5.75 Å². The summed E-state index contributed by atoms with van der Waals surface area (Å²) in [5.74, 6) is 1.43. The first-order chi connectivity index (χ1) is 9.70. The summed E-state index contributed by atoms with van der Waals surface area (Å²) in [5, 5.41) is 2.29. The van der Waals surface area contributed by atoms with E-state index in [-0.39, 0.29) is 0 Å². The smallest absolute Gasteiger partial charge is 0.200 e. The van der Waals surface area contributed by atoms with E-state index < -0.39 is 0 Å². The molecule has 4 heteroatoms. The molecule has 0 saturated heterocycles. The third-order valence-corrected chi connectivity index (χ3v) is 3.61. The van der Waals surface area contributed by atoms with E-state index >= 15 is 0 Å². The van der Waals surface area contributed by atoms with Crippen LogP contribution in [0.25, 0.3) is 10.8 Å². The van der Waals surface area contributed by atoms with Gasteiger partial charge in [-0.2, -0.15) is 0 Å². The summed E-state index contributed by atoms with van der Waals surface area (Å²) >= 11 is 0. The molecule has 0 bridgehead atoms. The third-order valence-electron chi connectivity index (χ3n) is 3.61. The van der Waals surface area contributed by atoms with Crippen LogP contribution in [0.3, 0.4) is 0 Å². The van der Waals surface area contributed by atoms with Crippen LogP contribution in [0.5, 0.6) is 5.75 Å². The Morgan fingerprint density at radius 2 is 1.90 bits per heavy atom. The summed E-state index contributed by atoms with van der Waals surface area (Å²) in [6.45, 7) is 2.72. The van der Waals surface area contributed by atoms with Crippen molar-refractivity contribution < 1.29 is 4.74 Å². The van der Waals surface area contributed by atoms with Crippen molar-refractivity contribution >= 4 is 16.7 Å². The van der Waals surface area contributed by atoms with Crippen LogP contribution in [0.15, 0.2) is 42.6 Å². The molecule has 0 aliphatic rings. The molecule has 20 heavy (non-hydrogen) atoms. The van der Waals surface area contributed by atoms with Gasteiger partial charge in [0.2, 0.25) is 5.95 Å². The molecule has 0 saturated carbocycles. The Balaban J connectivity index is 2.13. The van der Waals surface area contributed by atoms with Crippen molar-refractivity contribution in [3.05, 3.63) is 53.9 Å². The lowest BCUT2D eigenvalue weighted by Crippen LogP contribution is -2.06. The highest BCUT2D eigenvalue weighted by molar-refractivity contribution is 5.91. The van der Waals surface area contributed by atoms with Gasteiger partial charge in [0.15, 0.2) is 0 Å². The number of nitrogens with zero attached hydrogens (tertiary/aromatic N) is 2. The van der Waals surface area contributed by atoms with Gasteiger partial charge < -0.3 is 15.0 Å². The van der Waals surface area contributed by atoms with Crippen molar-refractivity contribution in [1.29, 1.82) is 0 Å². The fourth-order valence-corrected chi connectivity index (χ4v) is 2.51. The fourth-order valence-electron chi connectivity index (χ4n) is 2.51. The Morgan fingerprint density at radius 1 is 1.15 bits per heavy atom. The number of hydrogen-bond donors (Lipinski definition) is 1. The van der Waals surface area contributed by atoms with E-state index in [1.54, 1.807) is 13.3 Å². The first kappa shape index (κ1) is 12.5. The predicted molar refractivity (Wildman–Crippen MR) is 81.0 cm³/mol. The minimum absolute atomic E-state index is 0.544. The number of nitrogens with two attached hydrogens (primary N) is 1. The number of nitrogen functional groups attached to an aromatic ring is 1. The van der Waals surface area contributed by atoms with Crippen LogP contribution < -0.4 is 10.5 Å². The van der Waals surface area contributed by atoms with Gasteiger partial charge in [-0.05, 0) is 23.9 Å². The molecule has 102 valence electrons. The minimum atomic E-state index is 0.544. The molecule has 1 aromatic heterocycles. The Morgan fingerprint density at radius 3 is 2.55 bits per heavy atom. The maximum atomic E-state index is 5.92. The highest BCUT2D eigenvalue weighted by atomic mass is 16.5. The highest BCUT2D eigenvalue weighted by Gasteiger charge is 2.09. The third kappa shape index (κ3) is 1.99. The summed E-state index contributed by atoms with van der Waals surface area (Å²) in [5.41, 5.74) is 8.18. The van der Waals surface area contributed by atoms with Gasteiger partial charge in [0, 0.05) is 11.1 Å². The largest absolute Gasteiger partial charge is 0.496 e. The molecule has 0 aliphatic carbocycles. The maximum absolute atomic E-state index is 5.92. The van der Waals surface area contributed by atoms with Crippen molar-refractivity contribution in [2.45, 2.75) is 13.5 Å². The molecule has 0 fully saturated rings. The molecule has 2 N–H and O–H groups in total. The molecule has 1 heterocycles. The summed E-state index contributed by atoms with van der Waals surface area (Å²) in [7, 11) is 1.69. The average molecular weight is 267 g/mol. The van der Waals surface area contributed by atoms with Gasteiger partial charge in [0.25, 0.3) is 0 Å². The van der Waals surface area contributed by atoms with E-state index in [1.165, 1.54) is 10.9 Å². The van der Waals surface area contributed by atoms with E-state index in [4.69, 9.17) is 10.5 Å². The molecule has 3 aromatic rings. The van der Waals surface area contributed by atoms with Crippen LogP contribution in [-0.4, -0.2) is 16.7 Å². The topological polar surface area (TPSA) is 53.1 Å². The molecule has 0 unspecified atom stereocenters. The molecule has 0 atom stereocenters. The van der Waals surface area contributed by atoms with E-state index in [2.05, 4.69) is 23.2 Å². The predicted octanol–water partition coefficient (Wildman–Crippen LogP) is 2.98. The lowest BCUT2D eigenvalue weighted by molar-refractivity contribution is 0.419. The van der Waals surface area contributed by atoms with Crippen LogP contribution >= 0.6 is 0 Å². The van der Waals surface area contributed by atoms with Crippen molar-refractivity contribution in [2.75, 3.05) is 12.8 Å². The summed E-state index contributed by atoms with van der Waals surface area (Å²) < 4.78 is 7.43. The average Bonchev–Trinajstić information content (AvgIpc) is 2.79. The first-order valence-corrected chi connectivity index (χ1v) is 6.53. The van der Waals surface area contributed by atoms with Crippen LogP contribution in [-0.2, 0) is 6.54 Å². The van der Waals surface area contributed by atoms with E-state index in [0.717, 1.165) is 16.8 Å². The van der Waals surface area contributed by atoms with Gasteiger partial charge in [0.05, 0.1) is 19.9 Å². The Kier molecular flexibility index (Phi) is 3.06. The Labute approximate surface area is 117 Å². The first-order valence-electron chi connectivity index (χ1n) is 6.53. The lowest BCUT2D eigenvalue weighted by Gasteiger charge is -2.12. The van der Waals surface area contributed by atoms with E-state index in [0.29, 0.717) is 12.5 Å². The number of imidazole rings is 1. The molecule has 2 aromatic carbocycles. The quantitative estimate of drug-likeness (QED) is 0.793. The molecule has 0 amide bonds. The zero-order chi connectivity index (χ0) is 14.1. The van der Waals surface area contributed by atoms with Crippen molar-refractivity contribution in [3.63, 3.8) is 0 Å². The second kappa shape index (κ2) is 4.89. The van der Waals surface area contributed by atoms with Crippen molar-refractivity contribution in [1.82, 2.24) is 9.55 Å². The van der Waals surface area contributed by atoms with Crippen molar-refractivity contribution in [2.24, 2.45) is 0 Å². The molecular weight excluding hydrogens is 250 g/mol. The lowest BCUT2D eigenvalue weighted by atomic mass is 10.0. The van der Waals surface area contributed by atoms with Gasteiger partial charge >= 0.3 is 0 Å². The monoisotopic (exact) mass is 267 g/mol. The zero-order valence-electron chi connectivity index (χ0n) is 11.6. The Hall–Kier alpha value is -2.49. The number of ether oxygens (including phenoxy) is 1. The van der Waals surface area contributed by atoms with Crippen LogP contribution in [0.4, 0.5) is 5.95 Å². The molecule has 3 rings (SSSR count). The van der Waals surface area contributed by atoms with Crippen LogP contribution in [0.1, 0.15) is 11.3 Å². The second-order valence-corrected chi connectivity index (χ2v) is 4.82. The minimum Gasteiger partial charge on any atom is -0.496 e. The molecule has 4 nitrogen and oxygen atoms in total. The van der Waals surface area contributed by atoms with Gasteiger partial charge in [-0.15, -0.1) is 0 Å². The van der Waals surface area contributed by atoms with E-state index in [9.17, 15) is 0 Å². The van der Waals surface area contributed by atoms with E-state index in [1.807, 2.05) is 29.7 Å². The van der Waals surface area contributed by atoms with Crippen LogP contribution in [0, 0.1) is 6.92 Å². The number of aromatic nitrogens is 2. The zero-order valence-corrected chi connectivity index (χ0v) is 11.6. The van der Waals surface area contributed by atoms with Gasteiger partial charge in [-0.1, -0.05) is 30.3 Å². The number of rotatable bonds is 3. The summed E-state index contributed by atoms with van der Waals surface area (Å²) in [6.07, 6.45) is 1.79. The van der Waals surface area contributed by atoms with Gasteiger partial charge in [0.1, 0.15) is 5.75 Å². The van der Waals surface area contributed by atoms with Gasteiger partial charge in [-0.25, -0.2) is 4.98 Å². The highest BCUT2D eigenvalue weighted by Crippen LogP contribution is 2.29. The molecule has 0 spiro atoms. The SMILES string of the molecule is COc1ccc(Cn2c(C)cnc2N)c2ccccc12. The Bertz CT molecular complexity index is 742. The molecular formula is C16H17N3O. The number of hydrogen-bond acceptors (Lipinski definition) is 3. The summed E-state index contributed by atoms with van der Waals surface area (Å²) in [4.78, 5) is 4.14. The number of aryl methyl sites for hydroxylation is 1. The van der Waals surface area contributed by atoms with Gasteiger partial charge in [-0.3, -0.25) is 0 Å². The fraction of sp³-hybridized carbons (Fsp3) is 0.188. The normalized spacial score (nSPS) is 10.9. The number of fused-ring (bicyclic) bond motifs is 1. The standard InChI is InChI=1S/C16H17N3O/c1-11-9-18-16(17)19(11)10-12-7-8-15(20-2)14-6-4-3-5-13(12)14/h3-9H,10H2,1-2H3,(H2,17,18). The molecule has 0 radical (unpaired) electrons. The number of methoxy groups -OCH3 is 1. The number of anilines is 1. The molecule has 0 aliphatic heterocycles.